The average molecular weight is 308 g/mol. The van der Waals surface area contributed by atoms with E-state index in [0.717, 1.165) is 16.9 Å². The minimum Gasteiger partial charge on any atom is -0.372 e. The molecule has 0 spiro atoms. The molecule has 0 aliphatic carbocycles. The van der Waals surface area contributed by atoms with Crippen LogP contribution >= 0.6 is 0 Å². The number of benzene rings is 2. The molecule has 1 N–H and O–H groups in total. The molecule has 0 aromatic heterocycles. The fourth-order valence-electron chi connectivity index (χ4n) is 2.86. The van der Waals surface area contributed by atoms with Crippen LogP contribution in [-0.2, 0) is 4.79 Å². The molecule has 1 unspecified atom stereocenters. The molecule has 118 valence electrons. The Hall–Kier alpha value is -2.62. The fraction of sp³-hybridized carbons (Fsp3) is 0.263. The van der Waals surface area contributed by atoms with Crippen LogP contribution in [0.15, 0.2) is 48.5 Å². The Morgan fingerprint density at radius 1 is 1.17 bits per heavy atom. The van der Waals surface area contributed by atoms with Crippen LogP contribution in [0.2, 0.25) is 0 Å². The SMILES string of the molecule is CCC1Nc2cc(C)ccc2N(CC(=O)c2ccccc2)C1=O. The van der Waals surface area contributed by atoms with Crippen LogP contribution in [0.4, 0.5) is 11.4 Å². The van der Waals surface area contributed by atoms with Gasteiger partial charge in [0.25, 0.3) is 0 Å². The van der Waals surface area contributed by atoms with Crippen LogP contribution in [0.3, 0.4) is 0 Å². The van der Waals surface area contributed by atoms with Gasteiger partial charge in [-0.25, -0.2) is 0 Å². The lowest BCUT2D eigenvalue weighted by atomic mass is 10.0. The highest BCUT2D eigenvalue weighted by molar-refractivity contribution is 6.10. The molecule has 0 bridgehead atoms. The van der Waals surface area contributed by atoms with Crippen molar-refractivity contribution in [3.63, 3.8) is 0 Å². The standard InChI is InChI=1S/C19H20N2O2/c1-3-15-19(23)21(12-18(22)14-7-5-4-6-8-14)17-10-9-13(2)11-16(17)20-15/h4-11,15,20H,3,12H2,1-2H3. The Bertz CT molecular complexity index is 740. The van der Waals surface area contributed by atoms with Gasteiger partial charge in [-0.1, -0.05) is 43.3 Å². The maximum atomic E-state index is 12.7. The molecule has 1 heterocycles. The molecule has 0 radical (unpaired) electrons. The lowest BCUT2D eigenvalue weighted by Gasteiger charge is -2.35. The second kappa shape index (κ2) is 6.24. The van der Waals surface area contributed by atoms with Gasteiger partial charge in [0.15, 0.2) is 5.78 Å². The number of anilines is 2. The first kappa shape index (κ1) is 15.3. The lowest BCUT2D eigenvalue weighted by molar-refractivity contribution is -0.119. The molecule has 2 aromatic rings. The number of aryl methyl sites for hydroxylation is 1. The molecule has 1 amide bonds. The Balaban J connectivity index is 1.94. The molecule has 0 saturated heterocycles. The molecule has 0 fully saturated rings. The fourth-order valence-corrected chi connectivity index (χ4v) is 2.86. The van der Waals surface area contributed by atoms with Crippen LogP contribution < -0.4 is 10.2 Å². The molecule has 1 aliphatic heterocycles. The van der Waals surface area contributed by atoms with Crippen molar-refractivity contribution >= 4 is 23.1 Å². The highest BCUT2D eigenvalue weighted by Gasteiger charge is 2.32. The summed E-state index contributed by atoms with van der Waals surface area (Å²) in [6.07, 6.45) is 0.683. The lowest BCUT2D eigenvalue weighted by Crippen LogP contribution is -2.48. The van der Waals surface area contributed by atoms with Crippen LogP contribution in [0.25, 0.3) is 0 Å². The summed E-state index contributed by atoms with van der Waals surface area (Å²) in [6, 6.07) is 14.7. The summed E-state index contributed by atoms with van der Waals surface area (Å²) in [5.41, 5.74) is 3.43. The highest BCUT2D eigenvalue weighted by atomic mass is 16.2. The second-order valence-electron chi connectivity index (χ2n) is 5.84. The van der Waals surface area contributed by atoms with Gasteiger partial charge in [-0.05, 0) is 31.0 Å². The van der Waals surface area contributed by atoms with Gasteiger partial charge in [0.05, 0.1) is 17.9 Å². The summed E-state index contributed by atoms with van der Waals surface area (Å²) in [5.74, 6) is -0.102. The summed E-state index contributed by atoms with van der Waals surface area (Å²) in [5, 5.41) is 3.28. The normalized spacial score (nSPS) is 16.7. The van der Waals surface area contributed by atoms with E-state index >= 15 is 0 Å². The number of hydrogen-bond donors (Lipinski definition) is 1. The van der Waals surface area contributed by atoms with Crippen molar-refractivity contribution < 1.29 is 9.59 Å². The molecule has 3 rings (SSSR count). The zero-order valence-electron chi connectivity index (χ0n) is 13.4. The van der Waals surface area contributed by atoms with E-state index in [-0.39, 0.29) is 24.3 Å². The number of carbonyl (C=O) groups is 2. The van der Waals surface area contributed by atoms with E-state index in [1.165, 1.54) is 0 Å². The van der Waals surface area contributed by atoms with Gasteiger partial charge < -0.3 is 10.2 Å². The first-order valence-corrected chi connectivity index (χ1v) is 7.87. The number of Topliss-reactive ketones (excluding diaryl/α,β-unsaturated/α-hetero) is 1. The van der Waals surface area contributed by atoms with Crippen LogP contribution in [0.5, 0.6) is 0 Å². The molecule has 4 heteroatoms. The summed E-state index contributed by atoms with van der Waals surface area (Å²) in [7, 11) is 0. The average Bonchev–Trinajstić information content (AvgIpc) is 2.57. The molecule has 0 saturated carbocycles. The van der Waals surface area contributed by atoms with Gasteiger partial charge in [-0.15, -0.1) is 0 Å². The molecular weight excluding hydrogens is 288 g/mol. The number of hydrogen-bond acceptors (Lipinski definition) is 3. The number of rotatable bonds is 4. The largest absolute Gasteiger partial charge is 0.372 e. The van der Waals surface area contributed by atoms with Crippen LogP contribution in [0.1, 0.15) is 29.3 Å². The van der Waals surface area contributed by atoms with E-state index in [1.807, 2.05) is 50.2 Å². The maximum absolute atomic E-state index is 12.7. The number of amides is 1. The quantitative estimate of drug-likeness (QED) is 0.881. The van der Waals surface area contributed by atoms with Gasteiger partial charge in [0.2, 0.25) is 5.91 Å². The van der Waals surface area contributed by atoms with Crippen molar-refractivity contribution in [2.75, 3.05) is 16.8 Å². The second-order valence-corrected chi connectivity index (χ2v) is 5.84. The van der Waals surface area contributed by atoms with E-state index in [9.17, 15) is 9.59 Å². The Kier molecular flexibility index (Phi) is 4.15. The molecule has 2 aromatic carbocycles. The van der Waals surface area contributed by atoms with Gasteiger partial charge in [0.1, 0.15) is 6.04 Å². The number of ketones is 1. The highest BCUT2D eigenvalue weighted by Crippen LogP contribution is 2.33. The third-order valence-corrected chi connectivity index (χ3v) is 4.14. The number of fused-ring (bicyclic) bond motifs is 1. The van der Waals surface area contributed by atoms with Gasteiger partial charge >= 0.3 is 0 Å². The van der Waals surface area contributed by atoms with Crippen molar-refractivity contribution in [2.45, 2.75) is 26.3 Å². The number of carbonyl (C=O) groups excluding carboxylic acids is 2. The smallest absolute Gasteiger partial charge is 0.249 e. The van der Waals surface area contributed by atoms with Crippen molar-refractivity contribution in [2.24, 2.45) is 0 Å². The maximum Gasteiger partial charge on any atom is 0.249 e. The summed E-state index contributed by atoms with van der Waals surface area (Å²) in [4.78, 5) is 26.8. The predicted octanol–water partition coefficient (Wildman–Crippen LogP) is 3.42. The third-order valence-electron chi connectivity index (χ3n) is 4.14. The minimum atomic E-state index is -0.284. The number of nitrogens with one attached hydrogen (secondary N) is 1. The number of nitrogens with zero attached hydrogens (tertiary/aromatic N) is 1. The first-order valence-electron chi connectivity index (χ1n) is 7.87. The van der Waals surface area contributed by atoms with Gasteiger partial charge in [-0.2, -0.15) is 0 Å². The predicted molar refractivity (Wildman–Crippen MR) is 92.0 cm³/mol. The Labute approximate surface area is 136 Å². The van der Waals surface area contributed by atoms with Crippen molar-refractivity contribution in [1.82, 2.24) is 0 Å². The van der Waals surface area contributed by atoms with Crippen molar-refractivity contribution in [3.8, 4) is 0 Å². The zero-order valence-corrected chi connectivity index (χ0v) is 13.4. The molecule has 4 nitrogen and oxygen atoms in total. The van der Waals surface area contributed by atoms with E-state index in [4.69, 9.17) is 0 Å². The van der Waals surface area contributed by atoms with E-state index in [1.54, 1.807) is 17.0 Å². The minimum absolute atomic E-state index is 0.0480. The topological polar surface area (TPSA) is 49.4 Å². The molecular formula is C19H20N2O2. The summed E-state index contributed by atoms with van der Waals surface area (Å²) < 4.78 is 0. The van der Waals surface area contributed by atoms with Crippen LogP contribution in [-0.4, -0.2) is 24.3 Å². The summed E-state index contributed by atoms with van der Waals surface area (Å²) >= 11 is 0. The molecule has 23 heavy (non-hydrogen) atoms. The van der Waals surface area contributed by atoms with Gasteiger partial charge in [-0.3, -0.25) is 9.59 Å². The van der Waals surface area contributed by atoms with E-state index in [2.05, 4.69) is 5.32 Å². The van der Waals surface area contributed by atoms with E-state index in [0.29, 0.717) is 12.0 Å². The third kappa shape index (κ3) is 2.97. The molecule has 1 aliphatic rings. The first-order chi connectivity index (χ1) is 11.1. The Morgan fingerprint density at radius 3 is 2.61 bits per heavy atom. The van der Waals surface area contributed by atoms with Crippen LogP contribution in [0, 0.1) is 6.92 Å². The van der Waals surface area contributed by atoms with E-state index < -0.39 is 0 Å². The summed E-state index contributed by atoms with van der Waals surface area (Å²) in [6.45, 7) is 4.05. The monoisotopic (exact) mass is 308 g/mol. The Morgan fingerprint density at radius 2 is 1.91 bits per heavy atom. The van der Waals surface area contributed by atoms with Crippen molar-refractivity contribution in [1.29, 1.82) is 0 Å². The molecule has 1 atom stereocenters. The van der Waals surface area contributed by atoms with Gasteiger partial charge in [0, 0.05) is 5.56 Å². The van der Waals surface area contributed by atoms with Crippen molar-refractivity contribution in [3.05, 3.63) is 59.7 Å². The zero-order chi connectivity index (χ0) is 16.4.